The van der Waals surface area contributed by atoms with Crippen molar-refractivity contribution in [3.63, 3.8) is 0 Å². The Balaban J connectivity index is 1.80. The van der Waals surface area contributed by atoms with Crippen molar-refractivity contribution >= 4 is 0 Å². The van der Waals surface area contributed by atoms with Crippen molar-refractivity contribution in [2.75, 3.05) is 0 Å². The van der Waals surface area contributed by atoms with Gasteiger partial charge in [0.2, 0.25) is 0 Å². The molecule has 3 aliphatic carbocycles. The molecule has 0 saturated heterocycles. The van der Waals surface area contributed by atoms with Gasteiger partial charge in [-0.05, 0) is 38.0 Å². The van der Waals surface area contributed by atoms with Crippen molar-refractivity contribution < 1.29 is 0 Å². The van der Waals surface area contributed by atoms with E-state index < -0.39 is 0 Å². The van der Waals surface area contributed by atoms with Crippen LogP contribution in [0, 0.1) is 11.8 Å². The third-order valence-corrected chi connectivity index (χ3v) is 3.57. The number of hydrogen-bond donors (Lipinski definition) is 1. The van der Waals surface area contributed by atoms with Gasteiger partial charge in [-0.2, -0.15) is 0 Å². The van der Waals surface area contributed by atoms with Gasteiger partial charge in [0, 0.05) is 11.6 Å². The van der Waals surface area contributed by atoms with Crippen LogP contribution in [0.5, 0.6) is 0 Å². The van der Waals surface area contributed by atoms with Gasteiger partial charge in [-0.15, -0.1) is 0 Å². The third-order valence-electron chi connectivity index (χ3n) is 3.57. The van der Waals surface area contributed by atoms with Gasteiger partial charge in [-0.3, -0.25) is 0 Å². The number of nitrogens with one attached hydrogen (secondary N) is 1. The molecule has 0 aromatic carbocycles. The summed E-state index contributed by atoms with van der Waals surface area (Å²) in [6.45, 7) is 6.90. The Morgan fingerprint density at radius 2 is 1.73 bits per heavy atom. The molecule has 0 aliphatic heterocycles. The molecule has 3 rings (SSSR count). The molecule has 3 aliphatic rings. The molecule has 0 aromatic rings. The maximum absolute atomic E-state index is 3.76. The highest BCUT2D eigenvalue weighted by molar-refractivity contribution is 5.14. The molecule has 0 radical (unpaired) electrons. The lowest BCUT2D eigenvalue weighted by Crippen LogP contribution is -2.69. The minimum atomic E-state index is 0.619. The Morgan fingerprint density at radius 1 is 1.18 bits per heavy atom. The average molecular weight is 153 g/mol. The number of rotatable bonds is 3. The predicted molar refractivity (Wildman–Crippen MR) is 47.5 cm³/mol. The monoisotopic (exact) mass is 153 g/mol. The molecule has 2 bridgehead atoms. The van der Waals surface area contributed by atoms with Crippen LogP contribution in [0.1, 0.15) is 40.0 Å². The Hall–Kier alpha value is -0.0400. The molecule has 1 nitrogen and oxygen atoms in total. The lowest BCUT2D eigenvalue weighted by atomic mass is 9.49. The Labute approximate surface area is 69.6 Å². The highest BCUT2D eigenvalue weighted by atomic mass is 15.1. The molecule has 1 heteroatoms. The highest BCUT2D eigenvalue weighted by Gasteiger charge is 2.56. The highest BCUT2D eigenvalue weighted by Crippen LogP contribution is 2.57. The van der Waals surface area contributed by atoms with E-state index in [1.54, 1.807) is 0 Å². The Morgan fingerprint density at radius 3 is 2.00 bits per heavy atom. The van der Waals surface area contributed by atoms with Gasteiger partial charge in [0.05, 0.1) is 0 Å². The van der Waals surface area contributed by atoms with Crippen molar-refractivity contribution in [1.82, 2.24) is 5.32 Å². The van der Waals surface area contributed by atoms with Crippen LogP contribution >= 0.6 is 0 Å². The minimum absolute atomic E-state index is 0.619. The van der Waals surface area contributed by atoms with E-state index in [4.69, 9.17) is 0 Å². The van der Waals surface area contributed by atoms with E-state index in [0.717, 1.165) is 11.8 Å². The second-order valence-electron chi connectivity index (χ2n) is 4.94. The van der Waals surface area contributed by atoms with Crippen LogP contribution < -0.4 is 5.32 Å². The summed E-state index contributed by atoms with van der Waals surface area (Å²) in [6, 6.07) is 0.705. The van der Waals surface area contributed by atoms with Crippen LogP contribution in [-0.4, -0.2) is 11.6 Å². The second kappa shape index (κ2) is 2.22. The third kappa shape index (κ3) is 1.10. The summed E-state index contributed by atoms with van der Waals surface area (Å²) in [7, 11) is 0. The zero-order valence-electron chi connectivity index (χ0n) is 7.85. The van der Waals surface area contributed by atoms with Gasteiger partial charge in [0.1, 0.15) is 0 Å². The fourth-order valence-corrected chi connectivity index (χ4v) is 2.30. The van der Waals surface area contributed by atoms with Crippen LogP contribution in [0.2, 0.25) is 0 Å². The van der Waals surface area contributed by atoms with E-state index in [9.17, 15) is 0 Å². The molecule has 3 saturated carbocycles. The predicted octanol–water partition coefficient (Wildman–Crippen LogP) is 2.17. The first kappa shape index (κ1) is 7.60. The quantitative estimate of drug-likeness (QED) is 0.655. The fraction of sp³-hybridized carbons (Fsp3) is 1.00. The zero-order chi connectivity index (χ0) is 8.06. The molecule has 1 unspecified atom stereocenters. The molecular weight excluding hydrogens is 134 g/mol. The summed E-state index contributed by atoms with van der Waals surface area (Å²) in [4.78, 5) is 0. The van der Waals surface area contributed by atoms with Gasteiger partial charge in [-0.25, -0.2) is 0 Å². The van der Waals surface area contributed by atoms with Gasteiger partial charge in [0.15, 0.2) is 0 Å². The molecule has 0 aromatic heterocycles. The summed E-state index contributed by atoms with van der Waals surface area (Å²) >= 11 is 0. The Kier molecular flexibility index (Phi) is 1.54. The molecule has 0 amide bonds. The van der Waals surface area contributed by atoms with Gasteiger partial charge in [0.25, 0.3) is 0 Å². The van der Waals surface area contributed by atoms with Crippen molar-refractivity contribution in [2.24, 2.45) is 11.8 Å². The fourth-order valence-electron chi connectivity index (χ4n) is 2.30. The van der Waals surface area contributed by atoms with E-state index in [1.165, 1.54) is 19.3 Å². The van der Waals surface area contributed by atoms with E-state index in [1.807, 2.05) is 0 Å². The molecule has 1 N–H and O–H groups in total. The van der Waals surface area contributed by atoms with Crippen molar-refractivity contribution in [2.45, 2.75) is 51.6 Å². The molecule has 0 spiro atoms. The molecule has 1 atom stereocenters. The van der Waals surface area contributed by atoms with Gasteiger partial charge < -0.3 is 5.32 Å². The van der Waals surface area contributed by atoms with Crippen LogP contribution in [0.25, 0.3) is 0 Å². The van der Waals surface area contributed by atoms with Crippen LogP contribution in [0.4, 0.5) is 0 Å². The van der Waals surface area contributed by atoms with E-state index >= 15 is 0 Å². The largest absolute Gasteiger partial charge is 0.308 e. The van der Waals surface area contributed by atoms with E-state index in [0.29, 0.717) is 11.6 Å². The molecule has 11 heavy (non-hydrogen) atoms. The normalized spacial score (nSPS) is 43.1. The van der Waals surface area contributed by atoms with E-state index in [2.05, 4.69) is 26.1 Å². The zero-order valence-corrected chi connectivity index (χ0v) is 7.85. The van der Waals surface area contributed by atoms with E-state index in [-0.39, 0.29) is 0 Å². The first-order valence-electron chi connectivity index (χ1n) is 4.89. The van der Waals surface area contributed by atoms with Crippen LogP contribution in [-0.2, 0) is 0 Å². The van der Waals surface area contributed by atoms with Crippen molar-refractivity contribution in [3.05, 3.63) is 0 Å². The summed E-state index contributed by atoms with van der Waals surface area (Å²) in [6.07, 6.45) is 4.39. The average Bonchev–Trinajstić information content (AvgIpc) is 1.74. The maximum Gasteiger partial charge on any atom is 0.0192 e. The Bertz CT molecular complexity index is 145. The summed E-state index contributed by atoms with van der Waals surface area (Å²) in [5.74, 6) is 1.88. The minimum Gasteiger partial charge on any atom is -0.308 e. The summed E-state index contributed by atoms with van der Waals surface area (Å²) in [5, 5.41) is 3.76. The van der Waals surface area contributed by atoms with Crippen molar-refractivity contribution in [1.29, 1.82) is 0 Å². The number of hydrogen-bond acceptors (Lipinski definition) is 1. The van der Waals surface area contributed by atoms with Crippen LogP contribution in [0.3, 0.4) is 0 Å². The maximum atomic E-state index is 3.76. The summed E-state index contributed by atoms with van der Waals surface area (Å²) < 4.78 is 0. The smallest absolute Gasteiger partial charge is 0.0192 e. The first-order valence-corrected chi connectivity index (χ1v) is 4.89. The molecule has 0 heterocycles. The topological polar surface area (TPSA) is 12.0 Å². The lowest BCUT2D eigenvalue weighted by Gasteiger charge is -2.63. The van der Waals surface area contributed by atoms with Gasteiger partial charge in [-0.1, -0.05) is 13.8 Å². The lowest BCUT2D eigenvalue weighted by molar-refractivity contribution is -0.0608. The molecule has 64 valence electrons. The SMILES string of the molecule is CC(C)C(C)NC12CC(C1)C2. The molecule has 3 fully saturated rings. The second-order valence-corrected chi connectivity index (χ2v) is 4.94. The standard InChI is InChI=1S/C10H19N/c1-7(2)8(3)11-10-4-9(5-10)6-10/h7-9,11H,4-6H2,1-3H3. The van der Waals surface area contributed by atoms with Crippen molar-refractivity contribution in [3.8, 4) is 0 Å². The summed E-state index contributed by atoms with van der Waals surface area (Å²) in [5.41, 5.74) is 0.619. The first-order chi connectivity index (χ1) is 5.11. The van der Waals surface area contributed by atoms with Gasteiger partial charge >= 0.3 is 0 Å². The molecular formula is C10H19N. The van der Waals surface area contributed by atoms with Crippen LogP contribution in [0.15, 0.2) is 0 Å².